The third kappa shape index (κ3) is 8.68. The summed E-state index contributed by atoms with van der Waals surface area (Å²) in [5.41, 5.74) is 0. The fraction of sp³-hybridized carbons (Fsp3) is 0.917. The van der Waals surface area contributed by atoms with Crippen molar-refractivity contribution >= 4 is 5.91 Å². The number of methoxy groups -OCH3 is 1. The van der Waals surface area contributed by atoms with Crippen molar-refractivity contribution in [1.82, 2.24) is 10.6 Å². The van der Waals surface area contributed by atoms with E-state index in [1.165, 1.54) is 0 Å². The van der Waals surface area contributed by atoms with E-state index >= 15 is 0 Å². The normalized spacial score (nSPS) is 14.5. The molecule has 4 nitrogen and oxygen atoms in total. The molecule has 0 heterocycles. The van der Waals surface area contributed by atoms with Crippen LogP contribution in [0, 0.1) is 5.92 Å². The molecule has 0 aromatic carbocycles. The summed E-state index contributed by atoms with van der Waals surface area (Å²) in [6, 6.07) is 0.256. The summed E-state index contributed by atoms with van der Waals surface area (Å²) < 4.78 is 4.88. The highest BCUT2D eigenvalue weighted by Gasteiger charge is 2.09. The Bertz CT molecular complexity index is 186. The highest BCUT2D eigenvalue weighted by molar-refractivity contribution is 5.78. The first-order valence-corrected chi connectivity index (χ1v) is 6.09. The van der Waals surface area contributed by atoms with Crippen LogP contribution in [0.1, 0.15) is 33.6 Å². The molecule has 1 amide bonds. The Kier molecular flexibility index (Phi) is 9.24. The number of carbonyl (C=O) groups excluding carboxylic acids is 1. The highest BCUT2D eigenvalue weighted by Crippen LogP contribution is 2.08. The Labute approximate surface area is 99.1 Å². The molecule has 0 bridgehead atoms. The summed E-state index contributed by atoms with van der Waals surface area (Å²) in [7, 11) is 1.65. The number of hydrogen-bond donors (Lipinski definition) is 2. The van der Waals surface area contributed by atoms with Gasteiger partial charge in [-0.05, 0) is 19.3 Å². The lowest BCUT2D eigenvalue weighted by Gasteiger charge is -2.17. The largest absolute Gasteiger partial charge is 0.383 e. The van der Waals surface area contributed by atoms with Crippen molar-refractivity contribution in [3.63, 3.8) is 0 Å². The van der Waals surface area contributed by atoms with Crippen molar-refractivity contribution in [2.24, 2.45) is 5.92 Å². The summed E-state index contributed by atoms with van der Waals surface area (Å²) in [6.07, 6.45) is 2.20. The van der Waals surface area contributed by atoms with Gasteiger partial charge in [-0.15, -0.1) is 0 Å². The van der Waals surface area contributed by atoms with Gasteiger partial charge in [0, 0.05) is 19.7 Å². The Hall–Kier alpha value is -0.610. The number of ether oxygens (including phenoxy) is 1. The van der Waals surface area contributed by atoms with E-state index in [2.05, 4.69) is 31.4 Å². The summed E-state index contributed by atoms with van der Waals surface area (Å²) in [5, 5.41) is 6.00. The van der Waals surface area contributed by atoms with Gasteiger partial charge in [0.15, 0.2) is 0 Å². The first-order chi connectivity index (χ1) is 7.60. The van der Waals surface area contributed by atoms with E-state index < -0.39 is 0 Å². The molecule has 0 saturated carbocycles. The summed E-state index contributed by atoms with van der Waals surface area (Å²) in [5.74, 6) is 0.726. The molecule has 2 unspecified atom stereocenters. The second kappa shape index (κ2) is 9.60. The standard InChI is InChI=1S/C12H26N2O2/c1-5-10(2)8-11(3)14-12(15)9-13-6-7-16-4/h10-11,13H,5-9H2,1-4H3,(H,14,15). The van der Waals surface area contributed by atoms with E-state index in [1.54, 1.807) is 7.11 Å². The zero-order valence-corrected chi connectivity index (χ0v) is 11.0. The molecule has 0 aromatic rings. The lowest BCUT2D eigenvalue weighted by Crippen LogP contribution is -2.40. The van der Waals surface area contributed by atoms with Crippen LogP contribution in [0.25, 0.3) is 0 Å². The van der Waals surface area contributed by atoms with E-state index in [9.17, 15) is 4.79 Å². The Morgan fingerprint density at radius 3 is 2.62 bits per heavy atom. The van der Waals surface area contributed by atoms with E-state index in [1.807, 2.05) is 0 Å². The summed E-state index contributed by atoms with van der Waals surface area (Å²) in [6.45, 7) is 8.15. The predicted molar refractivity (Wildman–Crippen MR) is 66.4 cm³/mol. The number of hydrogen-bond acceptors (Lipinski definition) is 3. The third-order valence-corrected chi connectivity index (χ3v) is 2.63. The van der Waals surface area contributed by atoms with Crippen LogP contribution in [-0.2, 0) is 9.53 Å². The van der Waals surface area contributed by atoms with Gasteiger partial charge in [-0.25, -0.2) is 0 Å². The second-order valence-electron chi connectivity index (χ2n) is 4.39. The van der Waals surface area contributed by atoms with E-state index in [0.717, 1.165) is 12.8 Å². The highest BCUT2D eigenvalue weighted by atomic mass is 16.5. The van der Waals surface area contributed by atoms with Crippen LogP contribution >= 0.6 is 0 Å². The van der Waals surface area contributed by atoms with Crippen molar-refractivity contribution in [3.05, 3.63) is 0 Å². The molecule has 0 rings (SSSR count). The minimum Gasteiger partial charge on any atom is -0.383 e. The van der Waals surface area contributed by atoms with Crippen molar-refractivity contribution < 1.29 is 9.53 Å². The SMILES string of the molecule is CCC(C)CC(C)NC(=O)CNCCOC. The van der Waals surface area contributed by atoms with Crippen molar-refractivity contribution in [2.45, 2.75) is 39.7 Å². The molecule has 0 aliphatic carbocycles. The first kappa shape index (κ1) is 15.4. The van der Waals surface area contributed by atoms with E-state index in [-0.39, 0.29) is 11.9 Å². The van der Waals surface area contributed by atoms with Crippen molar-refractivity contribution in [3.8, 4) is 0 Å². The predicted octanol–water partition coefficient (Wildman–Crippen LogP) is 1.16. The van der Waals surface area contributed by atoms with Crippen molar-refractivity contribution in [2.75, 3.05) is 26.8 Å². The lowest BCUT2D eigenvalue weighted by molar-refractivity contribution is -0.120. The van der Waals surface area contributed by atoms with Crippen LogP contribution < -0.4 is 10.6 Å². The second-order valence-corrected chi connectivity index (χ2v) is 4.39. The molecular formula is C12H26N2O2. The number of rotatable bonds is 9. The van der Waals surface area contributed by atoms with E-state index in [0.29, 0.717) is 25.6 Å². The zero-order chi connectivity index (χ0) is 12.4. The lowest BCUT2D eigenvalue weighted by atomic mass is 10.0. The summed E-state index contributed by atoms with van der Waals surface area (Å²) in [4.78, 5) is 11.5. The molecule has 0 aromatic heterocycles. The van der Waals surface area contributed by atoms with Gasteiger partial charge in [-0.1, -0.05) is 20.3 Å². The number of amides is 1. The van der Waals surface area contributed by atoms with Gasteiger partial charge in [0.25, 0.3) is 0 Å². The topological polar surface area (TPSA) is 50.4 Å². The fourth-order valence-corrected chi connectivity index (χ4v) is 1.53. The zero-order valence-electron chi connectivity index (χ0n) is 11.0. The van der Waals surface area contributed by atoms with Gasteiger partial charge in [0.1, 0.15) is 0 Å². The minimum absolute atomic E-state index is 0.0620. The average Bonchev–Trinajstić information content (AvgIpc) is 2.24. The maximum absolute atomic E-state index is 11.5. The molecule has 2 N–H and O–H groups in total. The van der Waals surface area contributed by atoms with Crippen LogP contribution in [0.5, 0.6) is 0 Å². The van der Waals surface area contributed by atoms with Gasteiger partial charge < -0.3 is 15.4 Å². The number of carbonyl (C=O) groups is 1. The number of nitrogens with one attached hydrogen (secondary N) is 2. The van der Waals surface area contributed by atoms with Crippen LogP contribution in [-0.4, -0.2) is 38.8 Å². The average molecular weight is 230 g/mol. The molecule has 0 saturated heterocycles. The molecule has 96 valence electrons. The van der Waals surface area contributed by atoms with Crippen molar-refractivity contribution in [1.29, 1.82) is 0 Å². The fourth-order valence-electron chi connectivity index (χ4n) is 1.53. The van der Waals surface area contributed by atoms with Gasteiger partial charge in [0.2, 0.25) is 5.91 Å². The monoisotopic (exact) mass is 230 g/mol. The summed E-state index contributed by atoms with van der Waals surface area (Å²) >= 11 is 0. The van der Waals surface area contributed by atoms with Gasteiger partial charge >= 0.3 is 0 Å². The smallest absolute Gasteiger partial charge is 0.234 e. The minimum atomic E-state index is 0.0620. The maximum atomic E-state index is 11.5. The van der Waals surface area contributed by atoms with Crippen LogP contribution in [0.4, 0.5) is 0 Å². The quantitative estimate of drug-likeness (QED) is 0.584. The van der Waals surface area contributed by atoms with Gasteiger partial charge in [-0.2, -0.15) is 0 Å². The molecule has 16 heavy (non-hydrogen) atoms. The van der Waals surface area contributed by atoms with Crippen LogP contribution in [0.3, 0.4) is 0 Å². The molecule has 0 radical (unpaired) electrons. The van der Waals surface area contributed by atoms with Gasteiger partial charge in [-0.3, -0.25) is 4.79 Å². The van der Waals surface area contributed by atoms with Crippen LogP contribution in [0.2, 0.25) is 0 Å². The third-order valence-electron chi connectivity index (χ3n) is 2.63. The Balaban J connectivity index is 3.54. The molecule has 0 fully saturated rings. The molecule has 4 heteroatoms. The maximum Gasteiger partial charge on any atom is 0.234 e. The van der Waals surface area contributed by atoms with Gasteiger partial charge in [0.05, 0.1) is 13.2 Å². The molecule has 0 spiro atoms. The molecule has 0 aliphatic heterocycles. The molecular weight excluding hydrogens is 204 g/mol. The Morgan fingerprint density at radius 2 is 2.06 bits per heavy atom. The Morgan fingerprint density at radius 1 is 1.38 bits per heavy atom. The first-order valence-electron chi connectivity index (χ1n) is 6.09. The molecule has 0 aliphatic rings. The van der Waals surface area contributed by atoms with E-state index in [4.69, 9.17) is 4.74 Å². The molecule has 2 atom stereocenters. The van der Waals surface area contributed by atoms with Crippen LogP contribution in [0.15, 0.2) is 0 Å².